The summed E-state index contributed by atoms with van der Waals surface area (Å²) in [5, 5.41) is 2.84. The van der Waals surface area contributed by atoms with Gasteiger partial charge in [-0.1, -0.05) is 12.5 Å². The molecule has 164 valence electrons. The quantitative estimate of drug-likeness (QED) is 0.654. The highest BCUT2D eigenvalue weighted by Gasteiger charge is 2.27. The number of carbonyl (C=O) groups is 1. The van der Waals surface area contributed by atoms with E-state index in [1.165, 1.54) is 0 Å². The third kappa shape index (κ3) is 4.36. The highest BCUT2D eigenvalue weighted by Crippen LogP contribution is 2.26. The maximum Gasteiger partial charge on any atom is 0.244 e. The molecule has 0 unspecified atom stereocenters. The Labute approximate surface area is 183 Å². The fourth-order valence-electron chi connectivity index (χ4n) is 3.99. The predicted molar refractivity (Wildman–Crippen MR) is 122 cm³/mol. The van der Waals surface area contributed by atoms with Crippen LogP contribution in [-0.4, -0.2) is 41.3 Å². The third-order valence-electron chi connectivity index (χ3n) is 5.96. The SMILES string of the molecule is Cc1cc2ncn(CC(=O)Nc3ccc(C)c(S(=O)(=O)N4CCCCC4)c3)c2cc1C. The molecule has 1 saturated heterocycles. The van der Waals surface area contributed by atoms with Gasteiger partial charge >= 0.3 is 0 Å². The summed E-state index contributed by atoms with van der Waals surface area (Å²) < 4.78 is 29.6. The topological polar surface area (TPSA) is 84.3 Å². The number of fused-ring (bicyclic) bond motifs is 1. The molecular formula is C23H28N4O3S. The first-order valence-corrected chi connectivity index (χ1v) is 12.0. The maximum atomic E-state index is 13.1. The second-order valence-corrected chi connectivity index (χ2v) is 10.2. The molecule has 1 aliphatic rings. The van der Waals surface area contributed by atoms with Crippen LogP contribution in [0.4, 0.5) is 5.69 Å². The summed E-state index contributed by atoms with van der Waals surface area (Å²) in [7, 11) is -3.57. The lowest BCUT2D eigenvalue weighted by Crippen LogP contribution is -2.36. The zero-order chi connectivity index (χ0) is 22.2. The van der Waals surface area contributed by atoms with Crippen LogP contribution in [0.25, 0.3) is 11.0 Å². The molecular weight excluding hydrogens is 412 g/mol. The van der Waals surface area contributed by atoms with E-state index >= 15 is 0 Å². The normalized spacial score (nSPS) is 15.3. The minimum absolute atomic E-state index is 0.0983. The fraction of sp³-hybridized carbons (Fsp3) is 0.391. The molecule has 1 amide bonds. The van der Waals surface area contributed by atoms with Crippen LogP contribution >= 0.6 is 0 Å². The van der Waals surface area contributed by atoms with Crippen molar-refractivity contribution in [2.75, 3.05) is 18.4 Å². The number of anilines is 1. The van der Waals surface area contributed by atoms with E-state index in [0.29, 0.717) is 24.3 Å². The van der Waals surface area contributed by atoms with E-state index < -0.39 is 10.0 Å². The smallest absolute Gasteiger partial charge is 0.244 e. The molecule has 0 spiro atoms. The highest BCUT2D eigenvalue weighted by atomic mass is 32.2. The number of aryl methyl sites for hydroxylation is 3. The van der Waals surface area contributed by atoms with Crippen LogP contribution in [0.15, 0.2) is 41.6 Å². The predicted octanol–water partition coefficient (Wildman–Crippen LogP) is 3.77. The van der Waals surface area contributed by atoms with Crippen molar-refractivity contribution in [1.29, 1.82) is 0 Å². The molecule has 1 N–H and O–H groups in total. The van der Waals surface area contributed by atoms with Crippen molar-refractivity contribution in [3.8, 4) is 0 Å². The Kier molecular flexibility index (Phi) is 5.85. The summed E-state index contributed by atoms with van der Waals surface area (Å²) in [5.41, 5.74) is 5.19. The summed E-state index contributed by atoms with van der Waals surface area (Å²) >= 11 is 0. The number of carbonyl (C=O) groups excluding carboxylic acids is 1. The van der Waals surface area contributed by atoms with Gasteiger partial charge in [-0.25, -0.2) is 13.4 Å². The number of benzene rings is 2. The number of imidazole rings is 1. The van der Waals surface area contributed by atoms with E-state index in [0.717, 1.165) is 41.4 Å². The lowest BCUT2D eigenvalue weighted by Gasteiger charge is -2.26. The minimum atomic E-state index is -3.57. The molecule has 0 atom stereocenters. The number of amides is 1. The molecule has 2 aromatic carbocycles. The first-order chi connectivity index (χ1) is 14.8. The number of nitrogens with zero attached hydrogens (tertiary/aromatic N) is 3. The van der Waals surface area contributed by atoms with Crippen LogP contribution in [0.5, 0.6) is 0 Å². The second-order valence-electron chi connectivity index (χ2n) is 8.29. The van der Waals surface area contributed by atoms with Crippen LogP contribution in [0, 0.1) is 20.8 Å². The van der Waals surface area contributed by atoms with Gasteiger partial charge in [0.05, 0.1) is 22.3 Å². The molecule has 0 bridgehead atoms. The zero-order valence-corrected chi connectivity index (χ0v) is 19.0. The van der Waals surface area contributed by atoms with Crippen molar-refractivity contribution in [3.05, 3.63) is 53.3 Å². The average molecular weight is 441 g/mol. The van der Waals surface area contributed by atoms with Crippen molar-refractivity contribution in [1.82, 2.24) is 13.9 Å². The van der Waals surface area contributed by atoms with Crippen LogP contribution in [0.2, 0.25) is 0 Å². The van der Waals surface area contributed by atoms with Crippen molar-refractivity contribution in [2.45, 2.75) is 51.5 Å². The Morgan fingerprint density at radius 2 is 1.71 bits per heavy atom. The van der Waals surface area contributed by atoms with Crippen LogP contribution < -0.4 is 5.32 Å². The van der Waals surface area contributed by atoms with Crippen molar-refractivity contribution < 1.29 is 13.2 Å². The number of piperidine rings is 1. The number of rotatable bonds is 5. The lowest BCUT2D eigenvalue weighted by molar-refractivity contribution is -0.116. The first-order valence-electron chi connectivity index (χ1n) is 10.6. The number of nitrogens with one attached hydrogen (secondary N) is 1. The van der Waals surface area contributed by atoms with Crippen LogP contribution in [0.3, 0.4) is 0 Å². The van der Waals surface area contributed by atoms with Gasteiger partial charge in [-0.05, 0) is 74.6 Å². The summed E-state index contributed by atoms with van der Waals surface area (Å²) in [4.78, 5) is 17.3. The monoisotopic (exact) mass is 440 g/mol. The molecule has 0 radical (unpaired) electrons. The number of hydrogen-bond acceptors (Lipinski definition) is 4. The van der Waals surface area contributed by atoms with Crippen molar-refractivity contribution in [3.63, 3.8) is 0 Å². The zero-order valence-electron chi connectivity index (χ0n) is 18.2. The van der Waals surface area contributed by atoms with E-state index in [4.69, 9.17) is 0 Å². The van der Waals surface area contributed by atoms with Crippen molar-refractivity contribution in [2.24, 2.45) is 0 Å². The first kappa shape index (κ1) is 21.5. The average Bonchev–Trinajstić information content (AvgIpc) is 3.11. The summed E-state index contributed by atoms with van der Waals surface area (Å²) in [6.07, 6.45) is 4.48. The second kappa shape index (κ2) is 8.43. The Morgan fingerprint density at radius 1 is 1.00 bits per heavy atom. The van der Waals surface area contributed by atoms with Gasteiger partial charge in [-0.15, -0.1) is 0 Å². The largest absolute Gasteiger partial charge is 0.324 e. The number of hydrogen-bond donors (Lipinski definition) is 1. The number of sulfonamides is 1. The third-order valence-corrected chi connectivity index (χ3v) is 8.00. The van der Waals surface area contributed by atoms with Crippen LogP contribution in [-0.2, 0) is 21.4 Å². The minimum Gasteiger partial charge on any atom is -0.324 e. The maximum absolute atomic E-state index is 13.1. The van der Waals surface area contributed by atoms with Gasteiger partial charge in [0.1, 0.15) is 6.54 Å². The lowest BCUT2D eigenvalue weighted by atomic mass is 10.1. The van der Waals surface area contributed by atoms with Gasteiger partial charge < -0.3 is 9.88 Å². The molecule has 2 heterocycles. The Bertz CT molecular complexity index is 1240. The van der Waals surface area contributed by atoms with Gasteiger partial charge in [0.25, 0.3) is 0 Å². The van der Waals surface area contributed by atoms with E-state index in [2.05, 4.69) is 10.3 Å². The van der Waals surface area contributed by atoms with E-state index in [-0.39, 0.29) is 17.3 Å². The van der Waals surface area contributed by atoms with Crippen molar-refractivity contribution >= 4 is 32.7 Å². The molecule has 31 heavy (non-hydrogen) atoms. The summed E-state index contributed by atoms with van der Waals surface area (Å²) in [5.74, 6) is -0.234. The van der Waals surface area contributed by atoms with Crippen LogP contribution in [0.1, 0.15) is 36.0 Å². The van der Waals surface area contributed by atoms with E-state index in [1.54, 1.807) is 40.3 Å². The molecule has 3 aromatic rings. The molecule has 1 aliphatic heterocycles. The van der Waals surface area contributed by atoms with E-state index in [1.807, 2.05) is 26.0 Å². The molecule has 7 nitrogen and oxygen atoms in total. The summed E-state index contributed by atoms with van der Waals surface area (Å²) in [6, 6.07) is 9.08. The highest BCUT2D eigenvalue weighted by molar-refractivity contribution is 7.89. The van der Waals surface area contributed by atoms with E-state index in [9.17, 15) is 13.2 Å². The van der Waals surface area contributed by atoms with Gasteiger partial charge in [0.2, 0.25) is 15.9 Å². The standard InChI is InChI=1S/C23H28N4O3S/c1-16-7-8-19(13-22(16)31(29,30)27-9-5-4-6-10-27)25-23(28)14-26-15-24-20-11-17(2)18(3)12-21(20)26/h7-8,11-13,15H,4-6,9-10,14H2,1-3H3,(H,25,28). The molecule has 1 aromatic heterocycles. The fourth-order valence-corrected chi connectivity index (χ4v) is 5.76. The molecule has 0 saturated carbocycles. The molecule has 8 heteroatoms. The number of aromatic nitrogens is 2. The van der Waals surface area contributed by atoms with Gasteiger partial charge in [0, 0.05) is 18.8 Å². The molecule has 1 fully saturated rings. The molecule has 0 aliphatic carbocycles. The van der Waals surface area contributed by atoms with Gasteiger partial charge in [0.15, 0.2) is 0 Å². The summed E-state index contributed by atoms with van der Waals surface area (Å²) in [6.45, 7) is 7.04. The Balaban J connectivity index is 1.54. The van der Waals surface area contributed by atoms with Gasteiger partial charge in [-0.3, -0.25) is 4.79 Å². The Morgan fingerprint density at radius 3 is 2.45 bits per heavy atom. The van der Waals surface area contributed by atoms with Gasteiger partial charge in [-0.2, -0.15) is 4.31 Å². The molecule has 4 rings (SSSR count). The Hall–Kier alpha value is -2.71.